The van der Waals surface area contributed by atoms with E-state index >= 15 is 0 Å². The van der Waals surface area contributed by atoms with Gasteiger partial charge in [0.05, 0.1) is 12.2 Å². The number of carbonyl (C=O) groups excluding carboxylic acids is 1. The minimum atomic E-state index is -3.73. The van der Waals surface area contributed by atoms with Gasteiger partial charge in [0, 0.05) is 24.1 Å². The highest BCUT2D eigenvalue weighted by molar-refractivity contribution is 9.10. The second kappa shape index (κ2) is 7.83. The Balaban J connectivity index is 1.64. The molecule has 1 fully saturated rings. The highest BCUT2D eigenvalue weighted by atomic mass is 79.9. The third-order valence-corrected chi connectivity index (χ3v) is 6.40. The van der Waals surface area contributed by atoms with E-state index in [4.69, 9.17) is 0 Å². The lowest BCUT2D eigenvalue weighted by Gasteiger charge is -2.18. The molecule has 26 heavy (non-hydrogen) atoms. The van der Waals surface area contributed by atoms with Gasteiger partial charge >= 0.3 is 0 Å². The van der Waals surface area contributed by atoms with E-state index in [9.17, 15) is 17.6 Å². The van der Waals surface area contributed by atoms with Crippen molar-refractivity contribution in [2.24, 2.45) is 0 Å². The monoisotopic (exact) mass is 441 g/mol. The molecule has 0 aromatic heterocycles. The van der Waals surface area contributed by atoms with Gasteiger partial charge in [-0.1, -0.05) is 46.3 Å². The van der Waals surface area contributed by atoms with E-state index in [1.54, 1.807) is 6.07 Å². The molecule has 0 radical (unpaired) electrons. The van der Waals surface area contributed by atoms with Crippen LogP contribution in [0.4, 0.5) is 10.1 Å². The Bertz CT molecular complexity index is 909. The van der Waals surface area contributed by atoms with E-state index in [1.165, 1.54) is 16.4 Å². The van der Waals surface area contributed by atoms with Gasteiger partial charge in [0.15, 0.2) is 0 Å². The molecule has 9 heteroatoms. The second-order valence-electron chi connectivity index (χ2n) is 5.83. The molecule has 0 bridgehead atoms. The second-order valence-corrected chi connectivity index (χ2v) is 8.68. The molecule has 0 unspecified atom stereocenters. The van der Waals surface area contributed by atoms with Gasteiger partial charge in [0.25, 0.3) is 10.2 Å². The van der Waals surface area contributed by atoms with Crippen LogP contribution in [0.5, 0.6) is 0 Å². The number of halogens is 2. The summed E-state index contributed by atoms with van der Waals surface area (Å²) in [5.74, 6) is -1.18. The summed E-state index contributed by atoms with van der Waals surface area (Å²) in [6.07, 6.45) is 0. The fourth-order valence-corrected chi connectivity index (χ4v) is 4.54. The zero-order valence-corrected chi connectivity index (χ0v) is 16.1. The van der Waals surface area contributed by atoms with Crippen molar-refractivity contribution in [3.8, 4) is 0 Å². The highest BCUT2D eigenvalue weighted by Crippen LogP contribution is 2.21. The van der Waals surface area contributed by atoms with Crippen LogP contribution < -0.4 is 5.32 Å². The molecule has 1 amide bonds. The number of amides is 1. The predicted octanol–water partition coefficient (Wildman–Crippen LogP) is 2.59. The average molecular weight is 442 g/mol. The third-order valence-electron chi connectivity index (χ3n) is 3.98. The number of hydrogen-bond donors (Lipinski definition) is 1. The van der Waals surface area contributed by atoms with Crippen molar-refractivity contribution in [2.75, 3.05) is 25.0 Å². The van der Waals surface area contributed by atoms with Crippen LogP contribution in [-0.4, -0.2) is 42.6 Å². The number of nitrogens with one attached hydrogen (secondary N) is 1. The molecule has 2 aromatic rings. The largest absolute Gasteiger partial charge is 0.322 e. The minimum absolute atomic E-state index is 0.0101. The Labute approximate surface area is 159 Å². The lowest BCUT2D eigenvalue weighted by Crippen LogP contribution is -2.38. The van der Waals surface area contributed by atoms with Gasteiger partial charge in [-0.25, -0.2) is 4.39 Å². The number of hydrogen-bond acceptors (Lipinski definition) is 3. The zero-order valence-electron chi connectivity index (χ0n) is 13.7. The van der Waals surface area contributed by atoms with Gasteiger partial charge in [0.2, 0.25) is 5.91 Å². The lowest BCUT2D eigenvalue weighted by atomic mass is 10.2. The fraction of sp³-hybridized carbons (Fsp3) is 0.235. The maximum absolute atomic E-state index is 13.8. The van der Waals surface area contributed by atoms with Crippen molar-refractivity contribution in [1.29, 1.82) is 0 Å². The number of rotatable bonds is 5. The lowest BCUT2D eigenvalue weighted by molar-refractivity contribution is -0.116. The fourth-order valence-electron chi connectivity index (χ4n) is 2.67. The number of benzene rings is 2. The van der Waals surface area contributed by atoms with Gasteiger partial charge in [0.1, 0.15) is 5.82 Å². The first kappa shape index (κ1) is 19.0. The first-order valence-electron chi connectivity index (χ1n) is 7.90. The summed E-state index contributed by atoms with van der Waals surface area (Å²) in [7, 11) is -3.73. The van der Waals surface area contributed by atoms with Gasteiger partial charge in [-0.15, -0.1) is 0 Å². The van der Waals surface area contributed by atoms with Crippen LogP contribution in [0.2, 0.25) is 0 Å². The standard InChI is InChI=1S/C17H17BrFN3O3S/c18-14-6-7-16(15(19)10-14)20-17(23)12-22-9-8-21(26(22,24)25)11-13-4-2-1-3-5-13/h1-7,10H,8-9,11-12H2,(H,20,23). The Morgan fingerprint density at radius 2 is 1.81 bits per heavy atom. The van der Waals surface area contributed by atoms with E-state index in [-0.39, 0.29) is 25.3 Å². The average Bonchev–Trinajstić information content (AvgIpc) is 2.86. The summed E-state index contributed by atoms with van der Waals surface area (Å²) in [5, 5.41) is 2.41. The van der Waals surface area contributed by atoms with Gasteiger partial charge in [-0.2, -0.15) is 17.0 Å². The summed E-state index contributed by atoms with van der Waals surface area (Å²) in [4.78, 5) is 12.1. The highest BCUT2D eigenvalue weighted by Gasteiger charge is 2.37. The van der Waals surface area contributed by atoms with Gasteiger partial charge < -0.3 is 5.32 Å². The van der Waals surface area contributed by atoms with Crippen molar-refractivity contribution in [3.63, 3.8) is 0 Å². The van der Waals surface area contributed by atoms with E-state index in [1.807, 2.05) is 30.3 Å². The molecule has 0 aliphatic carbocycles. The molecule has 2 aromatic carbocycles. The van der Waals surface area contributed by atoms with Crippen LogP contribution in [0.15, 0.2) is 53.0 Å². The molecule has 3 rings (SSSR count). The molecular weight excluding hydrogens is 425 g/mol. The normalized spacial score (nSPS) is 17.3. The summed E-state index contributed by atoms with van der Waals surface area (Å²) in [6, 6.07) is 13.5. The Kier molecular flexibility index (Phi) is 5.71. The molecular formula is C17H17BrFN3O3S. The zero-order chi connectivity index (χ0) is 18.7. The summed E-state index contributed by atoms with van der Waals surface area (Å²) >= 11 is 3.14. The van der Waals surface area contributed by atoms with E-state index in [0.29, 0.717) is 11.0 Å². The first-order chi connectivity index (χ1) is 12.4. The first-order valence-corrected chi connectivity index (χ1v) is 10.1. The van der Waals surface area contributed by atoms with Gasteiger partial charge in [-0.05, 0) is 23.8 Å². The van der Waals surface area contributed by atoms with Crippen molar-refractivity contribution in [2.45, 2.75) is 6.54 Å². The van der Waals surface area contributed by atoms with Crippen molar-refractivity contribution < 1.29 is 17.6 Å². The smallest absolute Gasteiger partial charge is 0.282 e. The maximum Gasteiger partial charge on any atom is 0.282 e. The molecule has 1 N–H and O–H groups in total. The van der Waals surface area contributed by atoms with Crippen LogP contribution in [-0.2, 0) is 21.5 Å². The van der Waals surface area contributed by atoms with Crippen molar-refractivity contribution >= 4 is 37.7 Å². The number of anilines is 1. The molecule has 138 valence electrons. The quantitative estimate of drug-likeness (QED) is 0.774. The van der Waals surface area contributed by atoms with E-state index in [0.717, 1.165) is 9.87 Å². The molecule has 1 saturated heterocycles. The van der Waals surface area contributed by atoms with Crippen LogP contribution in [0, 0.1) is 5.82 Å². The van der Waals surface area contributed by atoms with Crippen LogP contribution in [0.3, 0.4) is 0 Å². The molecule has 6 nitrogen and oxygen atoms in total. The topological polar surface area (TPSA) is 69.7 Å². The molecule has 0 atom stereocenters. The van der Waals surface area contributed by atoms with Crippen LogP contribution in [0.25, 0.3) is 0 Å². The maximum atomic E-state index is 13.8. The third kappa shape index (κ3) is 4.29. The van der Waals surface area contributed by atoms with Crippen molar-refractivity contribution in [3.05, 3.63) is 64.4 Å². The number of carbonyl (C=O) groups is 1. The van der Waals surface area contributed by atoms with Crippen LogP contribution in [0.1, 0.15) is 5.56 Å². The summed E-state index contributed by atoms with van der Waals surface area (Å²) in [6.45, 7) is 0.411. The minimum Gasteiger partial charge on any atom is -0.322 e. The van der Waals surface area contributed by atoms with Crippen molar-refractivity contribution in [1.82, 2.24) is 8.61 Å². The Morgan fingerprint density at radius 3 is 2.50 bits per heavy atom. The predicted molar refractivity (Wildman–Crippen MR) is 100 cm³/mol. The molecule has 1 heterocycles. The van der Waals surface area contributed by atoms with E-state index in [2.05, 4.69) is 21.2 Å². The summed E-state index contributed by atoms with van der Waals surface area (Å²) in [5.41, 5.74) is 0.884. The molecule has 1 aliphatic rings. The number of nitrogens with zero attached hydrogens (tertiary/aromatic N) is 2. The van der Waals surface area contributed by atoms with E-state index < -0.39 is 21.9 Å². The molecule has 0 spiro atoms. The summed E-state index contributed by atoms with van der Waals surface area (Å²) < 4.78 is 41.9. The Hall–Kier alpha value is -1.81. The molecule has 1 aliphatic heterocycles. The Morgan fingerprint density at radius 1 is 1.12 bits per heavy atom. The SMILES string of the molecule is O=C(CN1CCN(Cc2ccccc2)S1(=O)=O)Nc1ccc(Br)cc1F. The molecule has 0 saturated carbocycles. The van der Waals surface area contributed by atoms with Gasteiger partial charge in [-0.3, -0.25) is 4.79 Å². The van der Waals surface area contributed by atoms with Crippen LogP contribution >= 0.6 is 15.9 Å².